The first-order valence-electron chi connectivity index (χ1n) is 6.72. The van der Waals surface area contributed by atoms with Crippen LogP contribution in [0.4, 0.5) is 0 Å². The Morgan fingerprint density at radius 1 is 1.24 bits per heavy atom. The van der Waals surface area contributed by atoms with Crippen LogP contribution in [0.25, 0.3) is 0 Å². The lowest BCUT2D eigenvalue weighted by atomic mass is 10.0. The molecule has 1 unspecified atom stereocenters. The van der Waals surface area contributed by atoms with E-state index < -0.39 is 8.32 Å². The molecule has 0 amide bonds. The standard InChI is InChI=1S/C14H27IOSi/c1-14(2,3)17(4,5)16-13(10-11-15)12-8-6-7-9-12/h10-13H,6-9H2,1-5H3. The maximum atomic E-state index is 6.57. The van der Waals surface area contributed by atoms with E-state index in [1.807, 2.05) is 0 Å². The van der Waals surface area contributed by atoms with Crippen LogP contribution in [0.15, 0.2) is 10.2 Å². The summed E-state index contributed by atoms with van der Waals surface area (Å²) >= 11 is 2.32. The summed E-state index contributed by atoms with van der Waals surface area (Å²) in [6.07, 6.45) is 8.10. The van der Waals surface area contributed by atoms with Gasteiger partial charge in [-0.2, -0.15) is 0 Å². The summed E-state index contributed by atoms with van der Waals surface area (Å²) in [6.45, 7) is 11.7. The second-order valence-electron chi connectivity index (χ2n) is 6.71. The Bertz CT molecular complexity index is 262. The number of hydrogen-bond donors (Lipinski definition) is 0. The third-order valence-electron chi connectivity index (χ3n) is 4.36. The van der Waals surface area contributed by atoms with Crippen molar-refractivity contribution in [2.24, 2.45) is 5.92 Å². The van der Waals surface area contributed by atoms with Gasteiger partial charge in [0.15, 0.2) is 8.32 Å². The zero-order chi connectivity index (χ0) is 13.1. The monoisotopic (exact) mass is 366 g/mol. The van der Waals surface area contributed by atoms with Gasteiger partial charge in [0, 0.05) is 0 Å². The van der Waals surface area contributed by atoms with Crippen molar-refractivity contribution in [3.8, 4) is 0 Å². The average molecular weight is 366 g/mol. The van der Waals surface area contributed by atoms with Crippen molar-refractivity contribution < 1.29 is 4.43 Å². The maximum Gasteiger partial charge on any atom is 0.192 e. The van der Waals surface area contributed by atoms with Gasteiger partial charge in [-0.05, 0) is 41.0 Å². The van der Waals surface area contributed by atoms with E-state index in [-0.39, 0.29) is 0 Å². The van der Waals surface area contributed by atoms with Crippen molar-refractivity contribution in [1.29, 1.82) is 0 Å². The van der Waals surface area contributed by atoms with Crippen LogP contribution < -0.4 is 0 Å². The molecule has 0 spiro atoms. The van der Waals surface area contributed by atoms with E-state index in [2.05, 4.69) is 66.6 Å². The van der Waals surface area contributed by atoms with Crippen molar-refractivity contribution in [3.63, 3.8) is 0 Å². The van der Waals surface area contributed by atoms with E-state index in [1.165, 1.54) is 25.7 Å². The predicted molar refractivity (Wildman–Crippen MR) is 87.2 cm³/mol. The van der Waals surface area contributed by atoms with Crippen LogP contribution in [0.2, 0.25) is 18.1 Å². The quantitative estimate of drug-likeness (QED) is 0.470. The Labute approximate surface area is 122 Å². The maximum absolute atomic E-state index is 6.57. The molecule has 1 aliphatic rings. The van der Waals surface area contributed by atoms with Crippen molar-refractivity contribution in [2.45, 2.75) is 70.7 Å². The van der Waals surface area contributed by atoms with Gasteiger partial charge in [0.2, 0.25) is 0 Å². The Kier molecular flexibility index (Phi) is 5.72. The first-order chi connectivity index (χ1) is 7.78. The molecular formula is C14H27IOSi. The minimum absolute atomic E-state index is 0.308. The second-order valence-corrected chi connectivity index (χ2v) is 12.2. The minimum Gasteiger partial charge on any atom is -0.410 e. The number of halogens is 1. The molecule has 100 valence electrons. The Morgan fingerprint density at radius 2 is 1.76 bits per heavy atom. The highest BCUT2D eigenvalue weighted by atomic mass is 127. The molecule has 0 saturated heterocycles. The van der Waals surface area contributed by atoms with E-state index >= 15 is 0 Å². The van der Waals surface area contributed by atoms with E-state index in [1.54, 1.807) is 0 Å². The lowest BCUT2D eigenvalue weighted by molar-refractivity contribution is 0.162. The molecule has 0 aromatic heterocycles. The van der Waals surface area contributed by atoms with Gasteiger partial charge in [0.1, 0.15) is 0 Å². The van der Waals surface area contributed by atoms with Gasteiger partial charge in [0.25, 0.3) is 0 Å². The van der Waals surface area contributed by atoms with E-state index in [9.17, 15) is 0 Å². The van der Waals surface area contributed by atoms with Crippen LogP contribution >= 0.6 is 22.6 Å². The summed E-state index contributed by atoms with van der Waals surface area (Å²) in [4.78, 5) is 0. The second kappa shape index (κ2) is 6.20. The summed E-state index contributed by atoms with van der Waals surface area (Å²) in [5.41, 5.74) is 0. The minimum atomic E-state index is -1.63. The predicted octanol–water partition coefficient (Wildman–Crippen LogP) is 5.52. The molecule has 1 fully saturated rings. The van der Waals surface area contributed by atoms with Crippen molar-refractivity contribution in [3.05, 3.63) is 10.2 Å². The Hall–Kier alpha value is 0.647. The smallest absolute Gasteiger partial charge is 0.192 e. The van der Waals surface area contributed by atoms with E-state index in [4.69, 9.17) is 4.43 Å². The van der Waals surface area contributed by atoms with Gasteiger partial charge >= 0.3 is 0 Å². The molecule has 17 heavy (non-hydrogen) atoms. The zero-order valence-corrected chi connectivity index (χ0v) is 15.1. The highest BCUT2D eigenvalue weighted by Gasteiger charge is 2.40. The van der Waals surface area contributed by atoms with E-state index in [0.29, 0.717) is 11.1 Å². The SMILES string of the molecule is CC(C)(C)[Si](C)(C)OC(C=CI)C1CCCC1. The first-order valence-corrected chi connectivity index (χ1v) is 10.9. The van der Waals surface area contributed by atoms with Crippen molar-refractivity contribution in [1.82, 2.24) is 0 Å². The molecule has 0 aliphatic heterocycles. The van der Waals surface area contributed by atoms with E-state index in [0.717, 1.165) is 5.92 Å². The van der Waals surface area contributed by atoms with Gasteiger partial charge in [-0.15, -0.1) is 0 Å². The van der Waals surface area contributed by atoms with Crippen LogP contribution in [-0.2, 0) is 4.43 Å². The molecule has 0 bridgehead atoms. The van der Waals surface area contributed by atoms with Gasteiger partial charge in [0.05, 0.1) is 6.10 Å². The molecular weight excluding hydrogens is 339 g/mol. The molecule has 0 heterocycles. The molecule has 3 heteroatoms. The van der Waals surface area contributed by atoms with Crippen LogP contribution in [0.5, 0.6) is 0 Å². The van der Waals surface area contributed by atoms with Gasteiger partial charge in [-0.1, -0.05) is 62.3 Å². The van der Waals surface area contributed by atoms with Crippen molar-refractivity contribution in [2.75, 3.05) is 0 Å². The van der Waals surface area contributed by atoms with Crippen LogP contribution in [0.1, 0.15) is 46.5 Å². The normalized spacial score (nSPS) is 21.3. The van der Waals surface area contributed by atoms with Crippen LogP contribution in [-0.4, -0.2) is 14.4 Å². The third kappa shape index (κ3) is 4.35. The summed E-state index contributed by atoms with van der Waals surface area (Å²) in [7, 11) is -1.63. The number of rotatable bonds is 4. The Morgan fingerprint density at radius 3 is 2.18 bits per heavy atom. The molecule has 1 rings (SSSR count). The summed E-state index contributed by atoms with van der Waals surface area (Å²) in [5.74, 6) is 0.759. The largest absolute Gasteiger partial charge is 0.410 e. The topological polar surface area (TPSA) is 9.23 Å². The van der Waals surface area contributed by atoms with Crippen LogP contribution in [0, 0.1) is 5.92 Å². The molecule has 0 aromatic rings. The molecule has 1 atom stereocenters. The van der Waals surface area contributed by atoms with Crippen molar-refractivity contribution >= 4 is 30.9 Å². The third-order valence-corrected chi connectivity index (χ3v) is 9.25. The zero-order valence-electron chi connectivity index (χ0n) is 11.9. The fraction of sp³-hybridized carbons (Fsp3) is 0.857. The lowest BCUT2D eigenvalue weighted by Crippen LogP contribution is -2.45. The molecule has 1 saturated carbocycles. The van der Waals surface area contributed by atoms with Gasteiger partial charge in [-0.3, -0.25) is 0 Å². The highest BCUT2D eigenvalue weighted by Crippen LogP contribution is 2.40. The number of hydrogen-bond acceptors (Lipinski definition) is 1. The van der Waals surface area contributed by atoms with Crippen LogP contribution in [0.3, 0.4) is 0 Å². The molecule has 0 N–H and O–H groups in total. The van der Waals surface area contributed by atoms with Gasteiger partial charge in [-0.25, -0.2) is 0 Å². The average Bonchev–Trinajstić information content (AvgIpc) is 2.67. The highest BCUT2D eigenvalue weighted by molar-refractivity contribution is 14.1. The molecule has 1 nitrogen and oxygen atoms in total. The first kappa shape index (κ1) is 15.7. The summed E-state index contributed by atoms with van der Waals surface area (Å²) in [5, 5.41) is 0.308. The van der Waals surface area contributed by atoms with Gasteiger partial charge < -0.3 is 4.43 Å². The Balaban J connectivity index is 2.72. The lowest BCUT2D eigenvalue weighted by Gasteiger charge is -2.40. The fourth-order valence-electron chi connectivity index (χ4n) is 2.17. The molecule has 1 aliphatic carbocycles. The molecule has 0 radical (unpaired) electrons. The fourth-order valence-corrected chi connectivity index (χ4v) is 3.88. The molecule has 0 aromatic carbocycles. The summed E-state index contributed by atoms with van der Waals surface area (Å²) < 4.78 is 8.71. The summed E-state index contributed by atoms with van der Waals surface area (Å²) in [6, 6.07) is 0.